The number of rotatable bonds is 4. The van der Waals surface area contributed by atoms with Crippen LogP contribution >= 0.6 is 0 Å². The predicted octanol–water partition coefficient (Wildman–Crippen LogP) is 2.03. The van der Waals surface area contributed by atoms with Gasteiger partial charge in [-0.3, -0.25) is 0 Å². The van der Waals surface area contributed by atoms with Crippen molar-refractivity contribution >= 4 is 0 Å². The Balaban J connectivity index is 1.83. The van der Waals surface area contributed by atoms with Crippen molar-refractivity contribution in [1.29, 1.82) is 0 Å². The Bertz CT molecular complexity index is 148. The van der Waals surface area contributed by atoms with E-state index in [0.717, 1.165) is 12.3 Å². The normalized spacial score (nSPS) is 15.7. The molecule has 0 aromatic rings. The lowest BCUT2D eigenvalue weighted by Gasteiger charge is -1.90. The van der Waals surface area contributed by atoms with Gasteiger partial charge in [-0.05, 0) is 31.6 Å². The van der Waals surface area contributed by atoms with Gasteiger partial charge in [0.1, 0.15) is 6.61 Å². The lowest BCUT2D eigenvalue weighted by Crippen LogP contribution is -1.81. The smallest absolute Gasteiger partial charge is 0.107 e. The lowest BCUT2D eigenvalue weighted by molar-refractivity contribution is 0.239. The quantitative estimate of drug-likeness (QED) is 0.441. The topological polar surface area (TPSA) is 9.23 Å². The molecule has 1 fully saturated rings. The van der Waals surface area contributed by atoms with Crippen molar-refractivity contribution in [2.24, 2.45) is 5.92 Å². The van der Waals surface area contributed by atoms with Gasteiger partial charge < -0.3 is 4.74 Å². The van der Waals surface area contributed by atoms with Crippen LogP contribution in [0.5, 0.6) is 0 Å². The van der Waals surface area contributed by atoms with Crippen molar-refractivity contribution in [1.82, 2.24) is 0 Å². The first kappa shape index (κ1) is 8.62. The van der Waals surface area contributed by atoms with Gasteiger partial charge in [-0.2, -0.15) is 0 Å². The third-order valence-corrected chi connectivity index (χ3v) is 1.79. The van der Waals surface area contributed by atoms with E-state index < -0.39 is 0 Å². The van der Waals surface area contributed by atoms with E-state index in [2.05, 4.69) is 18.3 Å². The molecular formula is C10H15O. The number of hydrogen-bond acceptors (Lipinski definition) is 1. The second-order valence-corrected chi connectivity index (χ2v) is 2.91. The molecule has 1 atom stereocenters. The van der Waals surface area contributed by atoms with E-state index in [1.165, 1.54) is 19.3 Å². The monoisotopic (exact) mass is 151 g/mol. The van der Waals surface area contributed by atoms with Crippen LogP contribution in [0.4, 0.5) is 0 Å². The van der Waals surface area contributed by atoms with E-state index in [1.54, 1.807) is 7.11 Å². The second-order valence-electron chi connectivity index (χ2n) is 2.91. The highest BCUT2D eigenvalue weighted by Gasteiger charge is 2.20. The summed E-state index contributed by atoms with van der Waals surface area (Å²) in [6.45, 7) is 0.579. The molecule has 0 heterocycles. The van der Waals surface area contributed by atoms with Gasteiger partial charge in [-0.15, -0.1) is 5.92 Å². The van der Waals surface area contributed by atoms with E-state index in [0.29, 0.717) is 6.61 Å². The molecule has 0 saturated heterocycles. The number of unbranched alkanes of at least 4 members (excludes halogenated alkanes) is 1. The van der Waals surface area contributed by atoms with E-state index in [1.807, 2.05) is 0 Å². The van der Waals surface area contributed by atoms with E-state index in [4.69, 9.17) is 4.74 Å². The highest BCUT2D eigenvalue weighted by Crippen LogP contribution is 2.32. The fraction of sp³-hybridized carbons (Fsp3) is 0.700. The first-order valence-electron chi connectivity index (χ1n) is 4.21. The third kappa shape index (κ3) is 4.86. The summed E-state index contributed by atoms with van der Waals surface area (Å²) in [5, 5.41) is 0. The molecule has 0 aromatic carbocycles. The standard InChI is InChI=1S/C10H15O/c1-11-9-5-3-2-4-6-10-7-8-10/h7,10H,2,4,6,8-9H2,1H3. The average Bonchev–Trinajstić information content (AvgIpc) is 2.80. The minimum atomic E-state index is 0.579. The maximum Gasteiger partial charge on any atom is 0.107 e. The molecule has 0 N–H and O–H groups in total. The van der Waals surface area contributed by atoms with Crippen LogP contribution in [0.15, 0.2) is 0 Å². The zero-order valence-corrected chi connectivity index (χ0v) is 7.10. The molecule has 0 bridgehead atoms. The third-order valence-electron chi connectivity index (χ3n) is 1.79. The van der Waals surface area contributed by atoms with Crippen molar-refractivity contribution < 1.29 is 4.74 Å². The van der Waals surface area contributed by atoms with Crippen molar-refractivity contribution in [2.45, 2.75) is 25.7 Å². The zero-order chi connectivity index (χ0) is 7.94. The average molecular weight is 151 g/mol. The second kappa shape index (κ2) is 5.21. The molecule has 1 aliphatic carbocycles. The Morgan fingerprint density at radius 1 is 1.55 bits per heavy atom. The molecule has 1 heteroatoms. The zero-order valence-electron chi connectivity index (χ0n) is 7.10. The molecule has 1 saturated carbocycles. The summed E-state index contributed by atoms with van der Waals surface area (Å²) in [7, 11) is 1.67. The van der Waals surface area contributed by atoms with Crippen molar-refractivity contribution in [3.63, 3.8) is 0 Å². The molecule has 1 radical (unpaired) electrons. The van der Waals surface area contributed by atoms with Crippen LogP contribution in [0.2, 0.25) is 0 Å². The fourth-order valence-corrected chi connectivity index (χ4v) is 0.996. The molecule has 1 nitrogen and oxygen atoms in total. The Hall–Kier alpha value is -0.480. The number of methoxy groups -OCH3 is 1. The summed E-state index contributed by atoms with van der Waals surface area (Å²) in [5.41, 5.74) is 0. The van der Waals surface area contributed by atoms with Crippen molar-refractivity contribution in [2.75, 3.05) is 13.7 Å². The van der Waals surface area contributed by atoms with Gasteiger partial charge >= 0.3 is 0 Å². The summed E-state index contributed by atoms with van der Waals surface area (Å²) in [6.07, 6.45) is 7.32. The molecule has 61 valence electrons. The van der Waals surface area contributed by atoms with Gasteiger partial charge in [0.15, 0.2) is 0 Å². The highest BCUT2D eigenvalue weighted by atomic mass is 16.5. The van der Waals surface area contributed by atoms with Crippen molar-refractivity contribution in [3.05, 3.63) is 6.42 Å². The molecule has 1 aliphatic rings. The molecule has 1 rings (SSSR count). The first-order chi connectivity index (χ1) is 5.43. The van der Waals surface area contributed by atoms with E-state index >= 15 is 0 Å². The first-order valence-corrected chi connectivity index (χ1v) is 4.21. The van der Waals surface area contributed by atoms with Gasteiger partial charge in [0.25, 0.3) is 0 Å². The van der Waals surface area contributed by atoms with Gasteiger partial charge in [0.05, 0.1) is 0 Å². The molecule has 0 amide bonds. The Morgan fingerprint density at radius 2 is 2.36 bits per heavy atom. The summed E-state index contributed by atoms with van der Waals surface area (Å²) >= 11 is 0. The van der Waals surface area contributed by atoms with Crippen LogP contribution in [0.3, 0.4) is 0 Å². The SMILES string of the molecule is COCC#CCCCC1[CH]C1. The largest absolute Gasteiger partial charge is 0.372 e. The van der Waals surface area contributed by atoms with Gasteiger partial charge in [0, 0.05) is 13.5 Å². The molecular weight excluding hydrogens is 136 g/mol. The van der Waals surface area contributed by atoms with Crippen LogP contribution in [-0.4, -0.2) is 13.7 Å². The molecule has 0 aromatic heterocycles. The number of hydrogen-bond donors (Lipinski definition) is 0. The van der Waals surface area contributed by atoms with Crippen LogP contribution in [0.1, 0.15) is 25.7 Å². The molecule has 11 heavy (non-hydrogen) atoms. The minimum Gasteiger partial charge on any atom is -0.372 e. The van der Waals surface area contributed by atoms with Crippen LogP contribution < -0.4 is 0 Å². The van der Waals surface area contributed by atoms with Crippen LogP contribution in [0, 0.1) is 24.2 Å². The molecule has 0 spiro atoms. The maximum atomic E-state index is 4.80. The predicted molar refractivity (Wildman–Crippen MR) is 45.9 cm³/mol. The molecule has 1 unspecified atom stereocenters. The summed E-state index contributed by atoms with van der Waals surface area (Å²) in [5.74, 6) is 6.96. The molecule has 0 aliphatic heterocycles. The maximum absolute atomic E-state index is 4.80. The van der Waals surface area contributed by atoms with Crippen molar-refractivity contribution in [3.8, 4) is 11.8 Å². The summed E-state index contributed by atoms with van der Waals surface area (Å²) in [6, 6.07) is 0. The Labute approximate surface area is 69.1 Å². The Kier molecular flexibility index (Phi) is 4.08. The minimum absolute atomic E-state index is 0.579. The van der Waals surface area contributed by atoms with Gasteiger partial charge in [-0.25, -0.2) is 0 Å². The van der Waals surface area contributed by atoms with Gasteiger partial charge in [0.2, 0.25) is 0 Å². The van der Waals surface area contributed by atoms with E-state index in [-0.39, 0.29) is 0 Å². The van der Waals surface area contributed by atoms with Crippen LogP contribution in [-0.2, 0) is 4.74 Å². The fourth-order valence-electron chi connectivity index (χ4n) is 0.996. The highest BCUT2D eigenvalue weighted by molar-refractivity contribution is 5.00. The summed E-state index contributed by atoms with van der Waals surface area (Å²) < 4.78 is 4.80. The number of ether oxygens (including phenoxy) is 1. The van der Waals surface area contributed by atoms with Crippen LogP contribution in [0.25, 0.3) is 0 Å². The van der Waals surface area contributed by atoms with E-state index in [9.17, 15) is 0 Å². The summed E-state index contributed by atoms with van der Waals surface area (Å²) in [4.78, 5) is 0. The van der Waals surface area contributed by atoms with Gasteiger partial charge in [-0.1, -0.05) is 5.92 Å². The lowest BCUT2D eigenvalue weighted by atomic mass is 10.2. The Morgan fingerprint density at radius 3 is 3.00 bits per heavy atom.